The molecule has 0 saturated carbocycles. The third kappa shape index (κ3) is 3.24. The molecule has 0 bridgehead atoms. The maximum Gasteiger partial charge on any atom is 0.0414 e. The fourth-order valence-corrected chi connectivity index (χ4v) is 3.13. The van der Waals surface area contributed by atoms with Crippen molar-refractivity contribution in [1.82, 2.24) is 10.3 Å². The quantitative estimate of drug-likeness (QED) is 0.912. The maximum absolute atomic E-state index is 4.20. The Morgan fingerprint density at radius 1 is 1.24 bits per heavy atom. The minimum atomic E-state index is 0.501. The predicted molar refractivity (Wildman–Crippen MR) is 87.6 cm³/mol. The normalized spacial score (nSPS) is 17.6. The summed E-state index contributed by atoms with van der Waals surface area (Å²) in [7, 11) is 0. The highest BCUT2D eigenvalue weighted by molar-refractivity contribution is 5.57. The lowest BCUT2D eigenvalue weighted by Crippen LogP contribution is -2.37. The van der Waals surface area contributed by atoms with Crippen LogP contribution in [-0.2, 0) is 6.42 Å². The monoisotopic (exact) mass is 281 g/mol. The summed E-state index contributed by atoms with van der Waals surface area (Å²) in [6, 6.07) is 13.5. The van der Waals surface area contributed by atoms with Crippen LogP contribution < -0.4 is 10.2 Å². The number of fused-ring (bicyclic) bond motifs is 1. The summed E-state index contributed by atoms with van der Waals surface area (Å²) < 4.78 is 0. The van der Waals surface area contributed by atoms with Gasteiger partial charge in [-0.2, -0.15) is 0 Å². The van der Waals surface area contributed by atoms with Crippen LogP contribution in [0.1, 0.15) is 30.5 Å². The lowest BCUT2D eigenvalue weighted by atomic mass is 9.96. The summed E-state index contributed by atoms with van der Waals surface area (Å²) in [6.45, 7) is 5.38. The highest BCUT2D eigenvalue weighted by Crippen LogP contribution is 2.33. The first-order valence-corrected chi connectivity index (χ1v) is 7.84. The van der Waals surface area contributed by atoms with Crippen molar-refractivity contribution in [3.63, 3.8) is 0 Å². The van der Waals surface area contributed by atoms with Crippen molar-refractivity contribution in [3.05, 3.63) is 59.9 Å². The van der Waals surface area contributed by atoms with Crippen LogP contribution in [0.3, 0.4) is 0 Å². The Bertz CT molecular complexity index is 568. The van der Waals surface area contributed by atoms with Gasteiger partial charge in [0.15, 0.2) is 0 Å². The molecular weight excluding hydrogens is 258 g/mol. The van der Waals surface area contributed by atoms with E-state index in [0.29, 0.717) is 6.04 Å². The molecule has 1 atom stereocenters. The van der Waals surface area contributed by atoms with Crippen LogP contribution in [0.5, 0.6) is 0 Å². The predicted octanol–water partition coefficient (Wildman–Crippen LogP) is 3.19. The van der Waals surface area contributed by atoms with Crippen LogP contribution in [0.4, 0.5) is 5.69 Å². The van der Waals surface area contributed by atoms with Crippen LogP contribution in [0.25, 0.3) is 0 Å². The average Bonchev–Trinajstić information content (AvgIpc) is 2.55. The van der Waals surface area contributed by atoms with E-state index in [1.165, 1.54) is 23.2 Å². The molecule has 1 aromatic carbocycles. The maximum atomic E-state index is 4.20. The molecule has 0 amide bonds. The molecule has 3 nitrogen and oxygen atoms in total. The van der Waals surface area contributed by atoms with Crippen molar-refractivity contribution in [2.24, 2.45) is 0 Å². The van der Waals surface area contributed by atoms with Crippen LogP contribution >= 0.6 is 0 Å². The lowest BCUT2D eigenvalue weighted by molar-refractivity contribution is 0.490. The molecule has 1 aliphatic rings. The Hall–Kier alpha value is -1.87. The van der Waals surface area contributed by atoms with Gasteiger partial charge < -0.3 is 10.2 Å². The lowest BCUT2D eigenvalue weighted by Gasteiger charge is -2.36. The first-order chi connectivity index (χ1) is 10.4. The smallest absolute Gasteiger partial charge is 0.0414 e. The number of hydrogen-bond acceptors (Lipinski definition) is 3. The number of aromatic nitrogens is 1. The van der Waals surface area contributed by atoms with Crippen LogP contribution in [0, 0.1) is 0 Å². The van der Waals surface area contributed by atoms with E-state index < -0.39 is 0 Å². The van der Waals surface area contributed by atoms with E-state index in [0.717, 1.165) is 26.1 Å². The third-order valence-corrected chi connectivity index (χ3v) is 4.18. The average molecular weight is 281 g/mol. The fourth-order valence-electron chi connectivity index (χ4n) is 3.13. The highest BCUT2D eigenvalue weighted by atomic mass is 15.1. The third-order valence-electron chi connectivity index (χ3n) is 4.18. The molecule has 0 fully saturated rings. The second-order valence-corrected chi connectivity index (χ2v) is 5.56. The van der Waals surface area contributed by atoms with E-state index in [1.54, 1.807) is 0 Å². The molecule has 2 heterocycles. The van der Waals surface area contributed by atoms with E-state index in [-0.39, 0.29) is 0 Å². The standard InChI is InChI=1S/C18H23N3/c1-2-20-17-10-13-21(18-8-4-3-7-16(17)18)12-9-15-6-5-11-19-14-15/h3-8,11,14,17,20H,2,9-10,12-13H2,1H3. The molecule has 1 aromatic heterocycles. The molecule has 0 saturated heterocycles. The molecule has 3 rings (SSSR count). The molecule has 1 N–H and O–H groups in total. The molecule has 2 aromatic rings. The SMILES string of the molecule is CCNC1CCN(CCc2cccnc2)c2ccccc21. The van der Waals surface area contributed by atoms with Gasteiger partial charge in [-0.1, -0.05) is 31.2 Å². The first-order valence-electron chi connectivity index (χ1n) is 7.84. The number of rotatable bonds is 5. The van der Waals surface area contributed by atoms with E-state index >= 15 is 0 Å². The van der Waals surface area contributed by atoms with Crippen LogP contribution in [0.2, 0.25) is 0 Å². The van der Waals surface area contributed by atoms with Crippen molar-refractivity contribution in [2.75, 3.05) is 24.5 Å². The van der Waals surface area contributed by atoms with Crippen LogP contribution in [0.15, 0.2) is 48.8 Å². The number of benzene rings is 1. The summed E-state index contributed by atoms with van der Waals surface area (Å²) in [4.78, 5) is 6.71. The van der Waals surface area contributed by atoms with Crippen molar-refractivity contribution in [2.45, 2.75) is 25.8 Å². The Labute approximate surface area is 127 Å². The number of pyridine rings is 1. The van der Waals surface area contributed by atoms with Gasteiger partial charge in [0.05, 0.1) is 0 Å². The van der Waals surface area contributed by atoms with Gasteiger partial charge in [-0.05, 0) is 42.6 Å². The Morgan fingerprint density at radius 3 is 2.95 bits per heavy atom. The van der Waals surface area contributed by atoms with Crippen molar-refractivity contribution in [1.29, 1.82) is 0 Å². The summed E-state index contributed by atoms with van der Waals surface area (Å²) in [5.41, 5.74) is 4.14. The number of para-hydroxylation sites is 1. The topological polar surface area (TPSA) is 28.2 Å². The number of hydrogen-bond donors (Lipinski definition) is 1. The summed E-state index contributed by atoms with van der Waals surface area (Å²) in [5, 5.41) is 3.60. The molecule has 1 aliphatic heterocycles. The molecule has 3 heteroatoms. The number of anilines is 1. The minimum Gasteiger partial charge on any atom is -0.371 e. The van der Waals surface area contributed by atoms with Gasteiger partial charge in [-0.15, -0.1) is 0 Å². The molecule has 0 aliphatic carbocycles. The van der Waals surface area contributed by atoms with E-state index in [1.807, 2.05) is 18.5 Å². The van der Waals surface area contributed by atoms with Gasteiger partial charge in [-0.3, -0.25) is 4.98 Å². The Balaban J connectivity index is 1.73. The van der Waals surface area contributed by atoms with Gasteiger partial charge in [0.25, 0.3) is 0 Å². The molecule has 21 heavy (non-hydrogen) atoms. The van der Waals surface area contributed by atoms with Gasteiger partial charge in [0.1, 0.15) is 0 Å². The fraction of sp³-hybridized carbons (Fsp3) is 0.389. The van der Waals surface area contributed by atoms with E-state index in [2.05, 4.69) is 52.5 Å². The second-order valence-electron chi connectivity index (χ2n) is 5.56. The highest BCUT2D eigenvalue weighted by Gasteiger charge is 2.23. The summed E-state index contributed by atoms with van der Waals surface area (Å²) in [6.07, 6.45) is 6.03. The van der Waals surface area contributed by atoms with Gasteiger partial charge >= 0.3 is 0 Å². The molecule has 0 spiro atoms. The zero-order chi connectivity index (χ0) is 14.5. The molecule has 110 valence electrons. The Morgan fingerprint density at radius 2 is 2.14 bits per heavy atom. The molecule has 0 radical (unpaired) electrons. The zero-order valence-corrected chi connectivity index (χ0v) is 12.6. The van der Waals surface area contributed by atoms with Gasteiger partial charge in [-0.25, -0.2) is 0 Å². The van der Waals surface area contributed by atoms with Gasteiger partial charge in [0, 0.05) is 37.2 Å². The second kappa shape index (κ2) is 6.72. The first kappa shape index (κ1) is 14.1. The number of nitrogens with zero attached hydrogens (tertiary/aromatic N) is 2. The van der Waals surface area contributed by atoms with Gasteiger partial charge in [0.2, 0.25) is 0 Å². The van der Waals surface area contributed by atoms with Crippen molar-refractivity contribution in [3.8, 4) is 0 Å². The summed E-state index contributed by atoms with van der Waals surface area (Å²) in [5.74, 6) is 0. The van der Waals surface area contributed by atoms with Crippen molar-refractivity contribution >= 4 is 5.69 Å². The Kier molecular flexibility index (Phi) is 4.51. The zero-order valence-electron chi connectivity index (χ0n) is 12.6. The summed E-state index contributed by atoms with van der Waals surface area (Å²) >= 11 is 0. The van der Waals surface area contributed by atoms with E-state index in [4.69, 9.17) is 0 Å². The molecule has 1 unspecified atom stereocenters. The van der Waals surface area contributed by atoms with Crippen molar-refractivity contribution < 1.29 is 0 Å². The number of nitrogens with one attached hydrogen (secondary N) is 1. The van der Waals surface area contributed by atoms with E-state index in [9.17, 15) is 0 Å². The largest absolute Gasteiger partial charge is 0.371 e. The minimum absolute atomic E-state index is 0.501. The molecular formula is C18H23N3. The van der Waals surface area contributed by atoms with Crippen LogP contribution in [-0.4, -0.2) is 24.6 Å².